The van der Waals surface area contributed by atoms with Crippen LogP contribution >= 0.6 is 0 Å². The third-order valence-electron chi connectivity index (χ3n) is 5.12. The van der Waals surface area contributed by atoms with Crippen molar-refractivity contribution < 1.29 is 27.4 Å². The molecule has 2 aromatic rings. The van der Waals surface area contributed by atoms with Gasteiger partial charge in [-0.1, -0.05) is 19.9 Å². The third kappa shape index (κ3) is 6.37. The van der Waals surface area contributed by atoms with Gasteiger partial charge in [-0.3, -0.25) is 4.79 Å². The average molecular weight is 448 g/mol. The number of nitrogens with one attached hydrogen (secondary N) is 1. The third-order valence-corrected chi connectivity index (χ3v) is 6.25. The van der Waals surface area contributed by atoms with Crippen LogP contribution < -0.4 is 19.5 Å². The molecule has 1 aliphatic rings. The topological polar surface area (TPSA) is 90.9 Å². The first-order valence-corrected chi connectivity index (χ1v) is 12.1. The van der Waals surface area contributed by atoms with E-state index < -0.39 is 9.84 Å². The Bertz CT molecular complexity index is 1010. The van der Waals surface area contributed by atoms with E-state index in [1.54, 1.807) is 12.1 Å². The molecule has 0 saturated heterocycles. The summed E-state index contributed by atoms with van der Waals surface area (Å²) in [6.45, 7) is 6.11. The Morgan fingerprint density at radius 3 is 2.42 bits per heavy atom. The maximum absolute atomic E-state index is 12.2. The van der Waals surface area contributed by atoms with E-state index in [9.17, 15) is 13.2 Å². The van der Waals surface area contributed by atoms with Crippen molar-refractivity contribution in [2.24, 2.45) is 0 Å². The fourth-order valence-electron chi connectivity index (χ4n) is 3.18. The zero-order valence-electron chi connectivity index (χ0n) is 18.1. The summed E-state index contributed by atoms with van der Waals surface area (Å²) >= 11 is 0. The predicted molar refractivity (Wildman–Crippen MR) is 118 cm³/mol. The Hall–Kier alpha value is -2.74. The zero-order chi connectivity index (χ0) is 22.5. The maximum atomic E-state index is 12.2. The Labute approximate surface area is 183 Å². The number of sulfone groups is 1. The number of ether oxygens (including phenoxy) is 3. The summed E-state index contributed by atoms with van der Waals surface area (Å²) in [7, 11) is -3.22. The lowest BCUT2D eigenvalue weighted by Crippen LogP contribution is -2.36. The normalized spacial score (nSPS) is 13.5. The molecule has 0 aromatic heterocycles. The molecule has 0 radical (unpaired) electrons. The second-order valence-electron chi connectivity index (χ2n) is 8.21. The maximum Gasteiger partial charge on any atom is 0.220 e. The van der Waals surface area contributed by atoms with E-state index >= 15 is 0 Å². The van der Waals surface area contributed by atoms with Crippen molar-refractivity contribution in [3.8, 4) is 17.2 Å². The van der Waals surface area contributed by atoms with Gasteiger partial charge in [-0.05, 0) is 48.4 Å². The molecule has 1 amide bonds. The van der Waals surface area contributed by atoms with Crippen LogP contribution in [0, 0.1) is 0 Å². The van der Waals surface area contributed by atoms with Crippen molar-refractivity contribution in [1.82, 2.24) is 5.32 Å². The molecule has 2 aromatic carbocycles. The van der Waals surface area contributed by atoms with E-state index in [0.717, 1.165) is 23.3 Å². The van der Waals surface area contributed by atoms with Gasteiger partial charge in [0.05, 0.1) is 11.5 Å². The second kappa shape index (κ2) is 9.60. The largest absolute Gasteiger partial charge is 0.494 e. The van der Waals surface area contributed by atoms with Gasteiger partial charge in [0.15, 0.2) is 21.3 Å². The van der Waals surface area contributed by atoms with E-state index in [0.29, 0.717) is 45.0 Å². The van der Waals surface area contributed by atoms with Gasteiger partial charge in [-0.15, -0.1) is 0 Å². The van der Waals surface area contributed by atoms with Crippen molar-refractivity contribution in [2.45, 2.75) is 37.0 Å². The standard InChI is InChI=1S/C23H29NO6S/c1-23(2,17-6-11-20-21(15-17)30-14-13-29-20)16-24-22(25)5-4-12-28-18-7-9-19(10-8-18)31(3,26)27/h6-11,15H,4-5,12-14,16H2,1-3H3,(H,24,25). The van der Waals surface area contributed by atoms with Gasteiger partial charge in [0, 0.05) is 24.6 Å². The molecule has 31 heavy (non-hydrogen) atoms. The first-order chi connectivity index (χ1) is 14.6. The van der Waals surface area contributed by atoms with Gasteiger partial charge in [0.25, 0.3) is 0 Å². The Kier molecular flexibility index (Phi) is 7.10. The Morgan fingerprint density at radius 2 is 1.74 bits per heavy atom. The molecular weight excluding hydrogens is 418 g/mol. The first kappa shape index (κ1) is 22.9. The van der Waals surface area contributed by atoms with E-state index in [-0.39, 0.29) is 16.2 Å². The molecule has 168 valence electrons. The van der Waals surface area contributed by atoms with E-state index in [1.807, 2.05) is 18.2 Å². The Morgan fingerprint density at radius 1 is 1.06 bits per heavy atom. The van der Waals surface area contributed by atoms with Gasteiger partial charge in [-0.25, -0.2) is 8.42 Å². The molecule has 0 atom stereocenters. The van der Waals surface area contributed by atoms with Crippen molar-refractivity contribution in [2.75, 3.05) is 32.6 Å². The minimum absolute atomic E-state index is 0.0401. The number of benzene rings is 2. The van der Waals surface area contributed by atoms with Gasteiger partial charge in [-0.2, -0.15) is 0 Å². The van der Waals surface area contributed by atoms with E-state index in [2.05, 4.69) is 19.2 Å². The number of hydrogen-bond donors (Lipinski definition) is 1. The molecule has 8 heteroatoms. The molecule has 0 fully saturated rings. The van der Waals surface area contributed by atoms with Crippen molar-refractivity contribution >= 4 is 15.7 Å². The highest BCUT2D eigenvalue weighted by molar-refractivity contribution is 7.90. The summed E-state index contributed by atoms with van der Waals surface area (Å²) in [4.78, 5) is 12.5. The molecule has 0 aliphatic carbocycles. The molecule has 1 heterocycles. The summed E-state index contributed by atoms with van der Waals surface area (Å²) in [5, 5.41) is 2.99. The monoisotopic (exact) mass is 447 g/mol. The molecule has 0 unspecified atom stereocenters. The molecular formula is C23H29NO6S. The molecule has 1 N–H and O–H groups in total. The van der Waals surface area contributed by atoms with Crippen molar-refractivity contribution in [3.63, 3.8) is 0 Å². The zero-order valence-corrected chi connectivity index (χ0v) is 19.0. The number of fused-ring (bicyclic) bond motifs is 1. The molecule has 1 aliphatic heterocycles. The molecule has 0 spiro atoms. The van der Waals surface area contributed by atoms with Gasteiger partial charge >= 0.3 is 0 Å². The van der Waals surface area contributed by atoms with E-state index in [1.165, 1.54) is 12.1 Å². The highest BCUT2D eigenvalue weighted by Gasteiger charge is 2.24. The van der Waals surface area contributed by atoms with Crippen molar-refractivity contribution in [1.29, 1.82) is 0 Å². The van der Waals surface area contributed by atoms with E-state index in [4.69, 9.17) is 14.2 Å². The van der Waals surface area contributed by atoms with Crippen LogP contribution in [0.25, 0.3) is 0 Å². The van der Waals surface area contributed by atoms with Crippen LogP contribution in [0.15, 0.2) is 47.4 Å². The lowest BCUT2D eigenvalue weighted by molar-refractivity contribution is -0.121. The molecule has 3 rings (SSSR count). The highest BCUT2D eigenvalue weighted by Crippen LogP contribution is 2.34. The Balaban J connectivity index is 1.41. The van der Waals surface area contributed by atoms with Crippen LogP contribution in [-0.4, -0.2) is 46.9 Å². The summed E-state index contributed by atoms with van der Waals surface area (Å²) < 4.78 is 39.7. The van der Waals surface area contributed by atoms with Crippen LogP contribution in [-0.2, 0) is 20.0 Å². The summed E-state index contributed by atoms with van der Waals surface area (Å²) in [6.07, 6.45) is 2.07. The summed E-state index contributed by atoms with van der Waals surface area (Å²) in [5.41, 5.74) is 0.807. The number of rotatable bonds is 9. The number of carbonyl (C=O) groups excluding carboxylic acids is 1. The van der Waals surface area contributed by atoms with Gasteiger partial charge < -0.3 is 19.5 Å². The average Bonchev–Trinajstić information content (AvgIpc) is 2.75. The number of amides is 1. The second-order valence-corrected chi connectivity index (χ2v) is 10.2. The van der Waals surface area contributed by atoms with Crippen LogP contribution in [0.3, 0.4) is 0 Å². The highest BCUT2D eigenvalue weighted by atomic mass is 32.2. The minimum Gasteiger partial charge on any atom is -0.494 e. The smallest absolute Gasteiger partial charge is 0.220 e. The number of carbonyl (C=O) groups is 1. The lowest BCUT2D eigenvalue weighted by Gasteiger charge is -2.28. The minimum atomic E-state index is -3.22. The summed E-state index contributed by atoms with van der Waals surface area (Å²) in [6, 6.07) is 12.1. The fourth-order valence-corrected chi connectivity index (χ4v) is 3.81. The molecule has 0 bridgehead atoms. The molecule has 7 nitrogen and oxygen atoms in total. The lowest BCUT2D eigenvalue weighted by atomic mass is 9.84. The molecule has 0 saturated carbocycles. The van der Waals surface area contributed by atoms with Crippen LogP contribution in [0.1, 0.15) is 32.3 Å². The predicted octanol–water partition coefficient (Wildman–Crippen LogP) is 3.11. The summed E-state index contributed by atoms with van der Waals surface area (Å²) in [5.74, 6) is 2.03. The van der Waals surface area contributed by atoms with Crippen LogP contribution in [0.2, 0.25) is 0 Å². The van der Waals surface area contributed by atoms with Crippen molar-refractivity contribution in [3.05, 3.63) is 48.0 Å². The fraction of sp³-hybridized carbons (Fsp3) is 0.435. The van der Waals surface area contributed by atoms with Crippen LogP contribution in [0.5, 0.6) is 17.2 Å². The SMILES string of the molecule is CC(C)(CNC(=O)CCCOc1ccc(S(C)(=O)=O)cc1)c1ccc2c(c1)OCCO2. The number of hydrogen-bond acceptors (Lipinski definition) is 6. The van der Waals surface area contributed by atoms with Gasteiger partial charge in [0.1, 0.15) is 19.0 Å². The quantitative estimate of drug-likeness (QED) is 0.594. The first-order valence-electron chi connectivity index (χ1n) is 10.2. The van der Waals surface area contributed by atoms with Crippen LogP contribution in [0.4, 0.5) is 0 Å². The van der Waals surface area contributed by atoms with Gasteiger partial charge in [0.2, 0.25) is 5.91 Å².